The minimum atomic E-state index is -1.02. The van der Waals surface area contributed by atoms with Gasteiger partial charge in [-0.2, -0.15) is 0 Å². The SMILES string of the molecule is O=C(O)c1cccc(C(=O)N2CC3(CCC3)c3ccccc32)c1. The number of aromatic carboxylic acids is 1. The Hall–Kier alpha value is -2.62. The highest BCUT2D eigenvalue weighted by atomic mass is 16.4. The second kappa shape index (κ2) is 4.95. The fourth-order valence-electron chi connectivity index (χ4n) is 3.78. The van der Waals surface area contributed by atoms with Crippen LogP contribution in [-0.4, -0.2) is 23.5 Å². The van der Waals surface area contributed by atoms with Gasteiger partial charge in [-0.25, -0.2) is 4.79 Å². The molecule has 2 aliphatic rings. The number of nitrogens with zero attached hydrogens (tertiary/aromatic N) is 1. The fourth-order valence-corrected chi connectivity index (χ4v) is 3.78. The minimum Gasteiger partial charge on any atom is -0.478 e. The van der Waals surface area contributed by atoms with E-state index in [4.69, 9.17) is 5.11 Å². The topological polar surface area (TPSA) is 57.6 Å². The maximum absolute atomic E-state index is 12.9. The average molecular weight is 307 g/mol. The maximum atomic E-state index is 12.9. The van der Waals surface area contributed by atoms with Crippen molar-refractivity contribution < 1.29 is 14.7 Å². The molecule has 1 spiro atoms. The second-order valence-electron chi connectivity index (χ2n) is 6.43. The molecule has 1 fully saturated rings. The Morgan fingerprint density at radius 2 is 1.74 bits per heavy atom. The number of amides is 1. The van der Waals surface area contributed by atoms with Gasteiger partial charge in [0.05, 0.1) is 5.56 Å². The summed E-state index contributed by atoms with van der Waals surface area (Å²) in [6, 6.07) is 14.4. The summed E-state index contributed by atoms with van der Waals surface area (Å²) >= 11 is 0. The molecular formula is C19H17NO3. The van der Waals surface area contributed by atoms with E-state index in [-0.39, 0.29) is 16.9 Å². The molecule has 116 valence electrons. The predicted octanol–water partition coefficient (Wildman–Crippen LogP) is 3.47. The molecule has 23 heavy (non-hydrogen) atoms. The Morgan fingerprint density at radius 3 is 2.43 bits per heavy atom. The van der Waals surface area contributed by atoms with Crippen molar-refractivity contribution in [2.75, 3.05) is 11.4 Å². The van der Waals surface area contributed by atoms with Crippen LogP contribution in [-0.2, 0) is 5.41 Å². The van der Waals surface area contributed by atoms with Gasteiger partial charge in [-0.3, -0.25) is 4.79 Å². The van der Waals surface area contributed by atoms with E-state index in [1.807, 2.05) is 23.1 Å². The fraction of sp³-hybridized carbons (Fsp3) is 0.263. The molecule has 0 radical (unpaired) electrons. The Labute approximate surface area is 134 Å². The Balaban J connectivity index is 1.73. The molecule has 1 saturated carbocycles. The summed E-state index contributed by atoms with van der Waals surface area (Å²) < 4.78 is 0. The number of rotatable bonds is 2. The largest absolute Gasteiger partial charge is 0.478 e. The van der Waals surface area contributed by atoms with Crippen LogP contribution < -0.4 is 4.90 Å². The first-order chi connectivity index (χ1) is 11.1. The molecule has 0 aromatic heterocycles. The van der Waals surface area contributed by atoms with Crippen molar-refractivity contribution in [3.05, 3.63) is 65.2 Å². The Kier molecular flexibility index (Phi) is 3.01. The third-order valence-electron chi connectivity index (χ3n) is 5.14. The Morgan fingerprint density at radius 1 is 1.00 bits per heavy atom. The van der Waals surface area contributed by atoms with Gasteiger partial charge in [-0.15, -0.1) is 0 Å². The van der Waals surface area contributed by atoms with E-state index in [0.29, 0.717) is 12.1 Å². The molecule has 4 heteroatoms. The van der Waals surface area contributed by atoms with E-state index < -0.39 is 5.97 Å². The van der Waals surface area contributed by atoms with E-state index in [0.717, 1.165) is 18.5 Å². The number of hydrogen-bond acceptors (Lipinski definition) is 2. The molecule has 1 aliphatic carbocycles. The van der Waals surface area contributed by atoms with E-state index in [1.54, 1.807) is 12.1 Å². The van der Waals surface area contributed by atoms with Crippen LogP contribution in [0.2, 0.25) is 0 Å². The van der Waals surface area contributed by atoms with Gasteiger partial charge in [0, 0.05) is 23.2 Å². The van der Waals surface area contributed by atoms with Gasteiger partial charge in [0.2, 0.25) is 0 Å². The highest BCUT2D eigenvalue weighted by Crippen LogP contribution is 2.52. The molecule has 0 unspecified atom stereocenters. The third-order valence-corrected chi connectivity index (χ3v) is 5.14. The normalized spacial score (nSPS) is 17.7. The number of carbonyl (C=O) groups is 2. The van der Waals surface area contributed by atoms with E-state index in [2.05, 4.69) is 6.07 Å². The molecule has 1 aliphatic heterocycles. The summed E-state index contributed by atoms with van der Waals surface area (Å²) in [6.45, 7) is 0.697. The summed E-state index contributed by atoms with van der Waals surface area (Å²) in [5, 5.41) is 9.12. The molecule has 2 aromatic carbocycles. The standard InChI is InChI=1S/C19H17NO3/c21-17(13-5-3-6-14(11-13)18(22)23)20-12-19(9-4-10-19)15-7-1-2-8-16(15)20/h1-3,5-8,11H,4,9-10,12H2,(H,22,23). The van der Waals surface area contributed by atoms with Crippen molar-refractivity contribution in [1.82, 2.24) is 0 Å². The lowest BCUT2D eigenvalue weighted by molar-refractivity contribution is 0.0697. The number of benzene rings is 2. The van der Waals surface area contributed by atoms with Gasteiger partial charge >= 0.3 is 5.97 Å². The lowest BCUT2D eigenvalue weighted by Crippen LogP contribution is -2.41. The van der Waals surface area contributed by atoms with Crippen LogP contribution in [0.3, 0.4) is 0 Å². The molecule has 1 heterocycles. The van der Waals surface area contributed by atoms with Gasteiger partial charge in [0.1, 0.15) is 0 Å². The summed E-state index contributed by atoms with van der Waals surface area (Å²) in [4.78, 5) is 25.9. The first-order valence-corrected chi connectivity index (χ1v) is 7.85. The molecule has 0 atom stereocenters. The van der Waals surface area contributed by atoms with Crippen LogP contribution in [0.25, 0.3) is 0 Å². The lowest BCUT2D eigenvalue weighted by atomic mass is 9.66. The molecule has 4 nitrogen and oxygen atoms in total. The molecule has 1 amide bonds. The number of carbonyl (C=O) groups excluding carboxylic acids is 1. The van der Waals surface area contributed by atoms with Crippen molar-refractivity contribution in [3.63, 3.8) is 0 Å². The molecule has 0 bridgehead atoms. The zero-order chi connectivity index (χ0) is 16.0. The molecule has 1 N–H and O–H groups in total. The average Bonchev–Trinajstić information content (AvgIpc) is 2.90. The van der Waals surface area contributed by atoms with E-state index in [9.17, 15) is 9.59 Å². The van der Waals surface area contributed by atoms with Crippen LogP contribution in [0.4, 0.5) is 5.69 Å². The third kappa shape index (κ3) is 2.05. The molecule has 2 aromatic rings. The second-order valence-corrected chi connectivity index (χ2v) is 6.43. The van der Waals surface area contributed by atoms with Gasteiger partial charge in [0.15, 0.2) is 0 Å². The Bertz CT molecular complexity index is 808. The van der Waals surface area contributed by atoms with Crippen LogP contribution in [0.15, 0.2) is 48.5 Å². The summed E-state index contributed by atoms with van der Waals surface area (Å²) in [6.07, 6.45) is 3.43. The van der Waals surface area contributed by atoms with Crippen LogP contribution in [0.5, 0.6) is 0 Å². The number of anilines is 1. The lowest BCUT2D eigenvalue weighted by Gasteiger charge is -2.39. The predicted molar refractivity (Wildman–Crippen MR) is 87.0 cm³/mol. The van der Waals surface area contributed by atoms with Crippen LogP contribution in [0, 0.1) is 0 Å². The van der Waals surface area contributed by atoms with Gasteiger partial charge in [0.25, 0.3) is 5.91 Å². The zero-order valence-electron chi connectivity index (χ0n) is 12.7. The van der Waals surface area contributed by atoms with Crippen LogP contribution >= 0.6 is 0 Å². The zero-order valence-corrected chi connectivity index (χ0v) is 12.7. The smallest absolute Gasteiger partial charge is 0.335 e. The molecule has 0 saturated heterocycles. The summed E-state index contributed by atoms with van der Waals surface area (Å²) in [7, 11) is 0. The maximum Gasteiger partial charge on any atom is 0.335 e. The van der Waals surface area contributed by atoms with E-state index >= 15 is 0 Å². The molecular weight excluding hydrogens is 290 g/mol. The number of fused-ring (bicyclic) bond motifs is 2. The number of carboxylic acid groups (broad SMARTS) is 1. The van der Waals surface area contributed by atoms with Crippen molar-refractivity contribution in [2.45, 2.75) is 24.7 Å². The number of carboxylic acids is 1. The highest BCUT2D eigenvalue weighted by molar-refractivity contribution is 6.08. The van der Waals surface area contributed by atoms with Crippen molar-refractivity contribution in [2.24, 2.45) is 0 Å². The molecule has 4 rings (SSSR count). The van der Waals surface area contributed by atoms with Crippen molar-refractivity contribution >= 4 is 17.6 Å². The van der Waals surface area contributed by atoms with Gasteiger partial charge in [-0.05, 0) is 42.7 Å². The summed E-state index contributed by atoms with van der Waals surface area (Å²) in [5.74, 6) is -1.14. The number of hydrogen-bond donors (Lipinski definition) is 1. The van der Waals surface area contributed by atoms with Crippen molar-refractivity contribution in [3.8, 4) is 0 Å². The van der Waals surface area contributed by atoms with Gasteiger partial charge in [-0.1, -0.05) is 30.7 Å². The summed E-state index contributed by atoms with van der Waals surface area (Å²) in [5.41, 5.74) is 2.90. The number of para-hydroxylation sites is 1. The quantitative estimate of drug-likeness (QED) is 0.924. The van der Waals surface area contributed by atoms with E-state index in [1.165, 1.54) is 24.1 Å². The first-order valence-electron chi connectivity index (χ1n) is 7.85. The van der Waals surface area contributed by atoms with Gasteiger partial charge < -0.3 is 10.0 Å². The first kappa shape index (κ1) is 14.0. The van der Waals surface area contributed by atoms with Crippen molar-refractivity contribution in [1.29, 1.82) is 0 Å². The van der Waals surface area contributed by atoms with Crippen LogP contribution in [0.1, 0.15) is 45.5 Å². The minimum absolute atomic E-state index is 0.108. The highest BCUT2D eigenvalue weighted by Gasteiger charge is 2.48. The monoisotopic (exact) mass is 307 g/mol.